The van der Waals surface area contributed by atoms with Gasteiger partial charge in [0.15, 0.2) is 0 Å². The summed E-state index contributed by atoms with van der Waals surface area (Å²) in [7, 11) is -17.1. The minimum absolute atomic E-state index is 0. The molecule has 0 aromatic rings. The molecular weight excluding hydrogens is 551 g/mol. The van der Waals surface area contributed by atoms with Gasteiger partial charge >= 0.3 is 66.6 Å². The normalized spacial score (nSPS) is 15.7. The van der Waals surface area contributed by atoms with Crippen LogP contribution in [-0.4, -0.2) is 84.2 Å². The summed E-state index contributed by atoms with van der Waals surface area (Å²) in [4.78, 5) is 0. The van der Waals surface area contributed by atoms with E-state index in [0.29, 0.717) is 0 Å². The van der Waals surface area contributed by atoms with Crippen molar-refractivity contribution in [1.29, 1.82) is 0 Å². The second-order valence-corrected chi connectivity index (χ2v) is 9.29. The Morgan fingerprint density at radius 1 is 0.533 bits per heavy atom. The van der Waals surface area contributed by atoms with Gasteiger partial charge in [-0.05, 0) is 0 Å². The van der Waals surface area contributed by atoms with Gasteiger partial charge in [0.1, 0.15) is 0 Å². The third-order valence-corrected chi connectivity index (χ3v) is 7.98. The summed E-state index contributed by atoms with van der Waals surface area (Å²) in [6.07, 6.45) is -15.1. The first-order valence-electron chi connectivity index (χ1n) is 5.44. The van der Waals surface area contributed by atoms with Gasteiger partial charge in [-0.15, -0.1) is 0 Å². The quantitative estimate of drug-likeness (QED) is 0.210. The fraction of sp³-hybridized carbons (Fsp3) is 1.00. The zero-order chi connectivity index (χ0) is 24.3. The molecule has 1 radical (unpaired) electrons. The van der Waals surface area contributed by atoms with Crippen LogP contribution < -0.4 is 0 Å². The van der Waals surface area contributed by atoms with E-state index in [2.05, 4.69) is 0 Å². The average molecular weight is 551 g/mol. The molecule has 24 heteroatoms. The summed E-state index contributed by atoms with van der Waals surface area (Å²) < 4.78 is 227. The molecule has 0 unspecified atom stereocenters. The van der Waals surface area contributed by atoms with Crippen molar-refractivity contribution >= 4 is 61.5 Å². The standard InChI is InChI=1S/C6F14NO5S3.Na/c7-1(8,3(11,12)13)5(17,18)28(23,24)21(27-22)29(25,26)6(19,20)2(9,10)4(14,15)16;/q+1;. The molecule has 0 fully saturated rings. The topological polar surface area (TPSA) is 88.6 Å². The van der Waals surface area contributed by atoms with E-state index in [-0.39, 0.29) is 29.6 Å². The summed E-state index contributed by atoms with van der Waals surface area (Å²) >= 11 is -2.86. The van der Waals surface area contributed by atoms with Crippen LogP contribution in [0.4, 0.5) is 61.5 Å². The summed E-state index contributed by atoms with van der Waals surface area (Å²) in [6, 6.07) is 0. The molecule has 30 heavy (non-hydrogen) atoms. The van der Waals surface area contributed by atoms with Gasteiger partial charge in [0.05, 0.1) is 4.21 Å². The molecule has 0 rings (SSSR count). The number of hydrogen-bond donors (Lipinski definition) is 0. The van der Waals surface area contributed by atoms with Crippen molar-refractivity contribution in [2.75, 3.05) is 0 Å². The van der Waals surface area contributed by atoms with Crippen LogP contribution in [0, 0.1) is 0 Å². The van der Waals surface area contributed by atoms with Crippen LogP contribution in [0.1, 0.15) is 0 Å². The summed E-state index contributed by atoms with van der Waals surface area (Å²) in [5.74, 6) is -15.7. The molecule has 0 aliphatic carbocycles. The maximum absolute atomic E-state index is 13.2. The number of alkyl halides is 14. The predicted octanol–water partition coefficient (Wildman–Crippen LogP) is 2.49. The van der Waals surface area contributed by atoms with Crippen molar-refractivity contribution in [1.82, 2.24) is 3.12 Å². The maximum Gasteiger partial charge on any atom is 0.623 e. The zero-order valence-electron chi connectivity index (χ0n) is 13.0. The Morgan fingerprint density at radius 3 is 0.867 bits per heavy atom. The third-order valence-electron chi connectivity index (χ3n) is 2.54. The molecule has 0 aromatic carbocycles. The van der Waals surface area contributed by atoms with Gasteiger partial charge in [0.2, 0.25) is 3.12 Å². The van der Waals surface area contributed by atoms with Crippen LogP contribution in [-0.2, 0) is 36.1 Å². The van der Waals surface area contributed by atoms with Gasteiger partial charge in [0.25, 0.3) is 0 Å². The van der Waals surface area contributed by atoms with E-state index >= 15 is 0 Å². The fourth-order valence-electron chi connectivity index (χ4n) is 1.05. The monoisotopic (exact) mass is 551 g/mol. The van der Waals surface area contributed by atoms with E-state index in [1.807, 2.05) is 0 Å². The molecule has 0 spiro atoms. The second-order valence-electron chi connectivity index (χ2n) is 4.43. The van der Waals surface area contributed by atoms with Crippen molar-refractivity contribution in [3.8, 4) is 0 Å². The maximum atomic E-state index is 13.2. The van der Waals surface area contributed by atoms with Gasteiger partial charge in [0, 0.05) is 29.6 Å². The van der Waals surface area contributed by atoms with Crippen molar-refractivity contribution in [3.63, 3.8) is 0 Å². The molecule has 0 saturated heterocycles. The smallest absolute Gasteiger partial charge is 0.200 e. The minimum Gasteiger partial charge on any atom is -0.200 e. The first-order valence-corrected chi connectivity index (χ1v) is 9.01. The largest absolute Gasteiger partial charge is 0.623 e. The van der Waals surface area contributed by atoms with Gasteiger partial charge in [-0.3, -0.25) is 0 Å². The van der Waals surface area contributed by atoms with E-state index in [9.17, 15) is 82.5 Å². The Kier molecular flexibility index (Phi) is 8.93. The molecule has 0 heterocycles. The Bertz CT molecular complexity index is 793. The van der Waals surface area contributed by atoms with E-state index in [0.717, 1.165) is 0 Å². The van der Waals surface area contributed by atoms with Crippen LogP contribution >= 0.6 is 0 Å². The Balaban J connectivity index is 0. The van der Waals surface area contributed by atoms with Crippen molar-refractivity contribution in [2.45, 2.75) is 34.7 Å². The Hall–Kier alpha value is -0.100. The van der Waals surface area contributed by atoms with Crippen LogP contribution in [0.25, 0.3) is 0 Å². The summed E-state index contributed by atoms with van der Waals surface area (Å²) in [6.45, 7) is 0. The molecule has 0 aliphatic rings. The molecule has 0 aliphatic heterocycles. The molecular formula is C6F14NNaO5S3+. The summed E-state index contributed by atoms with van der Waals surface area (Å²) in [5, 5.41) is -15.7. The average Bonchev–Trinajstić information content (AvgIpc) is 2.43. The fourth-order valence-corrected chi connectivity index (χ4v) is 5.10. The summed E-state index contributed by atoms with van der Waals surface area (Å²) in [5.41, 5.74) is 0. The molecule has 0 amide bonds. The van der Waals surface area contributed by atoms with E-state index in [4.69, 9.17) is 0 Å². The minimum atomic E-state index is -8.53. The number of rotatable bonds is 7. The number of sulfonamides is 2. The number of nitrogens with zero attached hydrogens (tertiary/aromatic N) is 1. The molecule has 0 saturated carbocycles. The van der Waals surface area contributed by atoms with Crippen molar-refractivity contribution < 1.29 is 82.5 Å². The van der Waals surface area contributed by atoms with Gasteiger partial charge in [-0.25, -0.2) is 0 Å². The Labute approximate surface area is 181 Å². The predicted molar refractivity (Wildman–Crippen MR) is 65.4 cm³/mol. The number of halogens is 14. The SMILES string of the molecule is O=[S+]N(S(=O)(=O)C(F)(F)C(F)(F)C(F)(F)F)S(=O)(=O)C(F)(F)C(F)(F)C(F)(F)F.[Na]. The first kappa shape index (κ1) is 32.1. The second kappa shape index (κ2) is 8.35. The van der Waals surface area contributed by atoms with E-state index < -0.39 is 69.7 Å². The first-order chi connectivity index (χ1) is 12.2. The Morgan fingerprint density at radius 2 is 0.733 bits per heavy atom. The van der Waals surface area contributed by atoms with Gasteiger partial charge < -0.3 is 0 Å². The van der Waals surface area contributed by atoms with Crippen LogP contribution in [0.15, 0.2) is 0 Å². The van der Waals surface area contributed by atoms with Crippen LogP contribution in [0.3, 0.4) is 0 Å². The molecule has 6 nitrogen and oxygen atoms in total. The van der Waals surface area contributed by atoms with E-state index in [1.165, 1.54) is 0 Å². The third kappa shape index (κ3) is 4.38. The van der Waals surface area contributed by atoms with E-state index in [1.54, 1.807) is 0 Å². The van der Waals surface area contributed by atoms with Crippen molar-refractivity contribution in [2.24, 2.45) is 0 Å². The number of hydrogen-bond acceptors (Lipinski definition) is 5. The molecule has 0 aromatic heterocycles. The molecule has 0 bridgehead atoms. The van der Waals surface area contributed by atoms with Gasteiger partial charge in [-0.1, -0.05) is 0 Å². The molecule has 175 valence electrons. The molecule has 0 N–H and O–H groups in total. The van der Waals surface area contributed by atoms with Crippen LogP contribution in [0.5, 0.6) is 0 Å². The van der Waals surface area contributed by atoms with Crippen molar-refractivity contribution in [3.05, 3.63) is 0 Å². The van der Waals surface area contributed by atoms with Gasteiger partial charge in [-0.2, -0.15) is 78.3 Å². The van der Waals surface area contributed by atoms with Crippen LogP contribution in [0.2, 0.25) is 0 Å². The molecule has 0 atom stereocenters. The zero-order valence-corrected chi connectivity index (χ0v) is 17.5.